The molecule has 0 aromatic heterocycles. The molecule has 2 aromatic rings. The summed E-state index contributed by atoms with van der Waals surface area (Å²) in [5.74, 6) is -0.773. The normalized spacial score (nSPS) is 15.1. The van der Waals surface area contributed by atoms with Crippen molar-refractivity contribution in [3.05, 3.63) is 58.1 Å². The van der Waals surface area contributed by atoms with Gasteiger partial charge < -0.3 is 9.47 Å². The lowest BCUT2D eigenvalue weighted by Crippen LogP contribution is -2.40. The van der Waals surface area contributed by atoms with Gasteiger partial charge in [0.25, 0.3) is 0 Å². The van der Waals surface area contributed by atoms with Crippen LogP contribution in [0.2, 0.25) is 0 Å². The molecule has 3 rings (SSSR count). The minimum absolute atomic E-state index is 0.140. The van der Waals surface area contributed by atoms with Crippen LogP contribution in [-0.2, 0) is 24.8 Å². The number of sulfonamides is 2. The Hall–Kier alpha value is -3.07. The molecule has 33 heavy (non-hydrogen) atoms. The van der Waals surface area contributed by atoms with Crippen molar-refractivity contribution in [2.45, 2.75) is 4.90 Å². The van der Waals surface area contributed by atoms with Crippen LogP contribution in [0.25, 0.3) is 0 Å². The molecule has 0 spiro atoms. The van der Waals surface area contributed by atoms with Crippen LogP contribution in [0, 0.1) is 10.1 Å². The lowest BCUT2D eigenvalue weighted by Gasteiger charge is -2.26. The second-order valence-electron chi connectivity index (χ2n) is 7.07. The number of nitrogens with zero attached hydrogens (tertiary/aromatic N) is 2. The molecule has 2 aromatic carbocycles. The van der Waals surface area contributed by atoms with Gasteiger partial charge in [0.05, 0.1) is 29.3 Å². The summed E-state index contributed by atoms with van der Waals surface area (Å²) >= 11 is 0. The molecule has 0 amide bonds. The first kappa shape index (κ1) is 24.6. The van der Waals surface area contributed by atoms with E-state index in [1.807, 2.05) is 0 Å². The Kier molecular flexibility index (Phi) is 7.31. The summed E-state index contributed by atoms with van der Waals surface area (Å²) in [4.78, 5) is 22.8. The Balaban J connectivity index is 1.74. The Bertz CT molecular complexity index is 1250. The van der Waals surface area contributed by atoms with Crippen molar-refractivity contribution in [2.75, 3.05) is 43.9 Å². The fraction of sp³-hybridized carbons (Fsp3) is 0.316. The maximum Gasteiger partial charge on any atom is 0.312 e. The number of carbonyl (C=O) groups is 1. The second-order valence-corrected chi connectivity index (χ2v) is 10.8. The lowest BCUT2D eigenvalue weighted by atomic mass is 10.1. The SMILES string of the molecule is CS(=O)(=O)Nc1ccc(C(=O)COc2ccc(S(=O)(=O)N3CCOCC3)cc2[N+](=O)[O-])cc1. The monoisotopic (exact) mass is 499 g/mol. The molecule has 0 aliphatic carbocycles. The van der Waals surface area contributed by atoms with Crippen LogP contribution in [-0.4, -0.2) is 71.0 Å². The lowest BCUT2D eigenvalue weighted by molar-refractivity contribution is -0.386. The molecule has 0 saturated carbocycles. The van der Waals surface area contributed by atoms with Gasteiger partial charge in [-0.05, 0) is 36.4 Å². The molecule has 0 radical (unpaired) electrons. The van der Waals surface area contributed by atoms with E-state index in [9.17, 15) is 31.7 Å². The number of nitro groups is 1. The third kappa shape index (κ3) is 6.25. The number of Topliss-reactive ketones (excluding diaryl/α,β-unsaturated/α-hetero) is 1. The van der Waals surface area contributed by atoms with Crippen molar-refractivity contribution in [1.29, 1.82) is 0 Å². The predicted molar refractivity (Wildman–Crippen MR) is 117 cm³/mol. The van der Waals surface area contributed by atoms with Crippen molar-refractivity contribution in [3.8, 4) is 5.75 Å². The van der Waals surface area contributed by atoms with E-state index in [1.54, 1.807) is 0 Å². The van der Waals surface area contributed by atoms with Gasteiger partial charge in [-0.25, -0.2) is 16.8 Å². The largest absolute Gasteiger partial charge is 0.478 e. The standard InChI is InChI=1S/C19H21N3O9S2/c1-32(26,27)20-15-4-2-14(3-5-15)18(23)13-31-19-7-6-16(12-17(19)22(24)25)33(28,29)21-8-10-30-11-9-21/h2-7,12,20H,8-11,13H2,1H3. The molecular weight excluding hydrogens is 478 g/mol. The number of ether oxygens (including phenoxy) is 2. The van der Waals surface area contributed by atoms with Crippen molar-refractivity contribution in [3.63, 3.8) is 0 Å². The summed E-state index contributed by atoms with van der Waals surface area (Å²) in [7, 11) is -7.42. The van der Waals surface area contributed by atoms with E-state index in [0.717, 1.165) is 18.4 Å². The number of benzene rings is 2. The van der Waals surface area contributed by atoms with E-state index in [4.69, 9.17) is 9.47 Å². The van der Waals surface area contributed by atoms with Gasteiger partial charge in [-0.2, -0.15) is 4.31 Å². The first-order valence-corrected chi connectivity index (χ1v) is 12.9. The Morgan fingerprint density at radius 3 is 2.33 bits per heavy atom. The van der Waals surface area contributed by atoms with Crippen LogP contribution >= 0.6 is 0 Å². The van der Waals surface area contributed by atoms with Gasteiger partial charge in [-0.3, -0.25) is 19.6 Å². The van der Waals surface area contributed by atoms with E-state index >= 15 is 0 Å². The summed E-state index contributed by atoms with van der Waals surface area (Å²) in [6.07, 6.45) is 0.990. The number of hydrogen-bond acceptors (Lipinski definition) is 9. The van der Waals surface area contributed by atoms with Gasteiger partial charge >= 0.3 is 5.69 Å². The topological polar surface area (TPSA) is 162 Å². The quantitative estimate of drug-likeness (QED) is 0.304. The Morgan fingerprint density at radius 1 is 1.12 bits per heavy atom. The predicted octanol–water partition coefficient (Wildman–Crippen LogP) is 1.25. The van der Waals surface area contributed by atoms with Crippen molar-refractivity contribution in [1.82, 2.24) is 4.31 Å². The number of hydrogen-bond donors (Lipinski definition) is 1. The van der Waals surface area contributed by atoms with Gasteiger partial charge in [0.1, 0.15) is 0 Å². The number of carbonyl (C=O) groups excluding carboxylic acids is 1. The highest BCUT2D eigenvalue weighted by Crippen LogP contribution is 2.31. The zero-order valence-electron chi connectivity index (χ0n) is 17.5. The molecule has 1 aliphatic heterocycles. The highest BCUT2D eigenvalue weighted by Gasteiger charge is 2.29. The average Bonchev–Trinajstić information content (AvgIpc) is 2.77. The molecule has 1 heterocycles. The van der Waals surface area contributed by atoms with Crippen molar-refractivity contribution >= 4 is 37.2 Å². The third-order valence-corrected chi connectivity index (χ3v) is 7.10. The molecular formula is C19H21N3O9S2. The van der Waals surface area contributed by atoms with Gasteiger partial charge in [0, 0.05) is 30.4 Å². The van der Waals surface area contributed by atoms with E-state index in [0.29, 0.717) is 0 Å². The molecule has 1 saturated heterocycles. The Labute approximate surface area is 190 Å². The minimum Gasteiger partial charge on any atom is -0.478 e. The van der Waals surface area contributed by atoms with Crippen molar-refractivity contribution in [2.24, 2.45) is 0 Å². The summed E-state index contributed by atoms with van der Waals surface area (Å²) in [6, 6.07) is 8.76. The number of rotatable bonds is 9. The van der Waals surface area contributed by atoms with Crippen molar-refractivity contribution < 1.29 is 36.0 Å². The molecule has 0 bridgehead atoms. The number of anilines is 1. The molecule has 178 valence electrons. The number of nitrogens with one attached hydrogen (secondary N) is 1. The van der Waals surface area contributed by atoms with E-state index in [1.165, 1.54) is 34.6 Å². The first-order valence-electron chi connectivity index (χ1n) is 9.57. The molecule has 0 unspecified atom stereocenters. The summed E-state index contributed by atoms with van der Waals surface area (Å²) in [5.41, 5.74) is -0.129. The molecule has 12 nitrogen and oxygen atoms in total. The molecule has 1 N–H and O–H groups in total. The van der Waals surface area contributed by atoms with Gasteiger partial charge in [-0.15, -0.1) is 0 Å². The van der Waals surface area contributed by atoms with Gasteiger partial charge in [0.2, 0.25) is 20.0 Å². The molecule has 1 fully saturated rings. The van der Waals surface area contributed by atoms with Crippen LogP contribution < -0.4 is 9.46 Å². The maximum absolute atomic E-state index is 12.7. The highest BCUT2D eigenvalue weighted by atomic mass is 32.2. The number of nitro benzene ring substituents is 1. The fourth-order valence-corrected chi connectivity index (χ4v) is 5.02. The minimum atomic E-state index is -3.95. The van der Waals surface area contributed by atoms with E-state index in [2.05, 4.69) is 4.72 Å². The number of ketones is 1. The van der Waals surface area contributed by atoms with Gasteiger partial charge in [-0.1, -0.05) is 0 Å². The summed E-state index contributed by atoms with van der Waals surface area (Å²) in [6.45, 7) is 0.198. The van der Waals surface area contributed by atoms with Crippen LogP contribution in [0.4, 0.5) is 11.4 Å². The van der Waals surface area contributed by atoms with Crippen LogP contribution in [0.5, 0.6) is 5.75 Å². The second kappa shape index (κ2) is 9.82. The fourth-order valence-electron chi connectivity index (χ4n) is 3.02. The van der Waals surface area contributed by atoms with E-state index in [-0.39, 0.29) is 48.2 Å². The molecule has 0 atom stereocenters. The zero-order chi connectivity index (χ0) is 24.2. The third-order valence-electron chi connectivity index (χ3n) is 4.60. The van der Waals surface area contributed by atoms with E-state index < -0.39 is 43.0 Å². The number of morpholine rings is 1. The van der Waals surface area contributed by atoms with Gasteiger partial charge in [0.15, 0.2) is 18.1 Å². The first-order chi connectivity index (χ1) is 15.5. The summed E-state index contributed by atoms with van der Waals surface area (Å²) in [5, 5.41) is 11.5. The van der Waals surface area contributed by atoms with Crippen LogP contribution in [0.3, 0.4) is 0 Å². The smallest absolute Gasteiger partial charge is 0.312 e. The molecule has 14 heteroatoms. The molecule has 1 aliphatic rings. The maximum atomic E-state index is 12.7. The summed E-state index contributed by atoms with van der Waals surface area (Å²) < 4.78 is 61.9. The van der Waals surface area contributed by atoms with Crippen LogP contribution in [0.15, 0.2) is 47.4 Å². The zero-order valence-corrected chi connectivity index (χ0v) is 19.1. The van der Waals surface area contributed by atoms with Crippen LogP contribution in [0.1, 0.15) is 10.4 Å². The highest BCUT2D eigenvalue weighted by molar-refractivity contribution is 7.92. The average molecular weight is 500 g/mol. The Morgan fingerprint density at radius 2 is 1.76 bits per heavy atom.